The van der Waals surface area contributed by atoms with Crippen LogP contribution in [0.2, 0.25) is 0 Å². The number of carbonyl (C=O) groups is 1. The lowest BCUT2D eigenvalue weighted by Crippen LogP contribution is -2.10. The summed E-state index contributed by atoms with van der Waals surface area (Å²) in [7, 11) is 1.75. The van der Waals surface area contributed by atoms with E-state index in [2.05, 4.69) is 17.2 Å². The molecule has 2 aliphatic carbocycles. The number of nitrogens with zero attached hydrogens (tertiary/aromatic N) is 2. The fraction of sp³-hybridized carbons (Fsp3) is 0.474. The van der Waals surface area contributed by atoms with Gasteiger partial charge in [-0.05, 0) is 30.7 Å². The average molecular weight is 326 g/mol. The van der Waals surface area contributed by atoms with E-state index in [1.54, 1.807) is 7.11 Å². The molecule has 3 unspecified atom stereocenters. The fourth-order valence-electron chi connectivity index (χ4n) is 4.11. The molecule has 1 fully saturated rings. The molecular formula is C19H22N2O3. The van der Waals surface area contributed by atoms with Crippen molar-refractivity contribution in [1.82, 2.24) is 9.78 Å². The monoisotopic (exact) mass is 326 g/mol. The van der Waals surface area contributed by atoms with Crippen molar-refractivity contribution in [2.24, 2.45) is 11.8 Å². The molecule has 1 aromatic heterocycles. The molecule has 0 amide bonds. The van der Waals surface area contributed by atoms with Crippen molar-refractivity contribution in [2.45, 2.75) is 25.8 Å². The van der Waals surface area contributed by atoms with Gasteiger partial charge >= 0.3 is 5.97 Å². The molecule has 5 nitrogen and oxygen atoms in total. The SMILES string of the molecule is CCOC(=O)c1nn(Cc2ccccc2)c2c1CC1C(COC)C21. The van der Waals surface area contributed by atoms with Gasteiger partial charge in [-0.1, -0.05) is 30.3 Å². The van der Waals surface area contributed by atoms with Gasteiger partial charge in [0.1, 0.15) is 0 Å². The van der Waals surface area contributed by atoms with Gasteiger partial charge < -0.3 is 9.47 Å². The van der Waals surface area contributed by atoms with Gasteiger partial charge in [0, 0.05) is 30.9 Å². The quantitative estimate of drug-likeness (QED) is 0.766. The van der Waals surface area contributed by atoms with Gasteiger partial charge in [-0.25, -0.2) is 4.79 Å². The Morgan fingerprint density at radius 3 is 2.83 bits per heavy atom. The molecule has 2 aromatic rings. The molecule has 126 valence electrons. The predicted octanol–water partition coefficient (Wildman–Crippen LogP) is 2.64. The zero-order valence-electron chi connectivity index (χ0n) is 14.1. The molecule has 3 atom stereocenters. The summed E-state index contributed by atoms with van der Waals surface area (Å²) in [5, 5.41) is 4.62. The molecule has 4 rings (SSSR count). The second kappa shape index (κ2) is 6.06. The third-order valence-corrected chi connectivity index (χ3v) is 5.18. The first-order valence-corrected chi connectivity index (χ1v) is 8.54. The first-order chi connectivity index (χ1) is 11.7. The van der Waals surface area contributed by atoms with Crippen LogP contribution in [0.3, 0.4) is 0 Å². The molecule has 1 heterocycles. The zero-order valence-corrected chi connectivity index (χ0v) is 14.1. The summed E-state index contributed by atoms with van der Waals surface area (Å²) in [5.74, 6) is 1.32. The van der Waals surface area contributed by atoms with E-state index >= 15 is 0 Å². The van der Waals surface area contributed by atoms with E-state index in [-0.39, 0.29) is 5.97 Å². The Morgan fingerprint density at radius 2 is 2.12 bits per heavy atom. The van der Waals surface area contributed by atoms with Crippen molar-refractivity contribution in [3.63, 3.8) is 0 Å². The van der Waals surface area contributed by atoms with E-state index in [4.69, 9.17) is 9.47 Å². The molecule has 1 saturated carbocycles. The molecule has 0 bridgehead atoms. The van der Waals surface area contributed by atoms with E-state index in [9.17, 15) is 4.79 Å². The van der Waals surface area contributed by atoms with E-state index in [1.807, 2.05) is 29.8 Å². The highest BCUT2D eigenvalue weighted by Gasteiger charge is 2.58. The number of benzene rings is 1. The van der Waals surface area contributed by atoms with Crippen LogP contribution < -0.4 is 0 Å². The van der Waals surface area contributed by atoms with Crippen LogP contribution in [0.5, 0.6) is 0 Å². The van der Waals surface area contributed by atoms with Crippen LogP contribution in [-0.4, -0.2) is 36.1 Å². The maximum Gasteiger partial charge on any atom is 0.359 e. The molecule has 0 spiro atoms. The Bertz CT molecular complexity index is 753. The second-order valence-corrected chi connectivity index (χ2v) is 6.59. The second-order valence-electron chi connectivity index (χ2n) is 6.59. The van der Waals surface area contributed by atoms with Gasteiger partial charge in [0.25, 0.3) is 0 Å². The number of fused-ring (bicyclic) bond motifs is 3. The van der Waals surface area contributed by atoms with E-state index < -0.39 is 0 Å². The lowest BCUT2D eigenvalue weighted by atomic mass is 10.1. The number of carbonyl (C=O) groups excluding carboxylic acids is 1. The van der Waals surface area contributed by atoms with Gasteiger partial charge in [-0.2, -0.15) is 5.10 Å². The Morgan fingerprint density at radius 1 is 1.33 bits per heavy atom. The molecule has 2 aliphatic rings. The molecule has 0 aliphatic heterocycles. The minimum absolute atomic E-state index is 0.301. The number of hydrogen-bond acceptors (Lipinski definition) is 4. The number of aromatic nitrogens is 2. The van der Waals surface area contributed by atoms with Crippen molar-refractivity contribution in [1.29, 1.82) is 0 Å². The van der Waals surface area contributed by atoms with Gasteiger partial charge in [-0.3, -0.25) is 4.68 Å². The Kier molecular flexibility index (Phi) is 3.88. The minimum Gasteiger partial charge on any atom is -0.461 e. The van der Waals surface area contributed by atoms with Gasteiger partial charge in [0.05, 0.1) is 13.2 Å². The molecule has 0 N–H and O–H groups in total. The Hall–Kier alpha value is -2.14. The lowest BCUT2D eigenvalue weighted by Gasteiger charge is -2.08. The van der Waals surface area contributed by atoms with Crippen LogP contribution in [0.1, 0.15) is 40.2 Å². The summed E-state index contributed by atoms with van der Waals surface area (Å²) in [6, 6.07) is 10.2. The Balaban J connectivity index is 1.68. The van der Waals surface area contributed by atoms with Crippen LogP contribution in [0.25, 0.3) is 0 Å². The molecule has 1 aromatic carbocycles. The summed E-state index contributed by atoms with van der Waals surface area (Å²) in [4.78, 5) is 12.3. The largest absolute Gasteiger partial charge is 0.461 e. The summed E-state index contributed by atoms with van der Waals surface area (Å²) in [6.07, 6.45) is 0.914. The summed E-state index contributed by atoms with van der Waals surface area (Å²) < 4.78 is 12.6. The number of rotatable bonds is 6. The normalized spacial score (nSPS) is 23.7. The maximum atomic E-state index is 12.3. The summed E-state index contributed by atoms with van der Waals surface area (Å²) >= 11 is 0. The molecule has 24 heavy (non-hydrogen) atoms. The Labute approximate surface area is 141 Å². The van der Waals surface area contributed by atoms with Crippen LogP contribution in [0, 0.1) is 11.8 Å². The highest BCUT2D eigenvalue weighted by molar-refractivity contribution is 5.89. The average Bonchev–Trinajstić information content (AvgIpc) is 2.94. The van der Waals surface area contributed by atoms with Crippen molar-refractivity contribution in [3.05, 3.63) is 52.8 Å². The fourth-order valence-corrected chi connectivity index (χ4v) is 4.11. The lowest BCUT2D eigenvalue weighted by molar-refractivity contribution is 0.0517. The number of methoxy groups -OCH3 is 1. The molecule has 0 radical (unpaired) electrons. The number of hydrogen-bond donors (Lipinski definition) is 0. The van der Waals surface area contributed by atoms with Crippen molar-refractivity contribution in [3.8, 4) is 0 Å². The smallest absolute Gasteiger partial charge is 0.359 e. The standard InChI is InChI=1S/C19H22N2O3/c1-3-24-19(22)17-14-9-13-15(11-23-2)16(13)18(14)21(20-17)10-12-7-5-4-6-8-12/h4-8,13,15-16H,3,9-11H2,1-2H3. The zero-order chi connectivity index (χ0) is 16.7. The summed E-state index contributed by atoms with van der Waals surface area (Å²) in [6.45, 7) is 3.66. The van der Waals surface area contributed by atoms with Crippen molar-refractivity contribution < 1.29 is 14.3 Å². The first kappa shape index (κ1) is 15.4. The minimum atomic E-state index is -0.301. The van der Waals surface area contributed by atoms with Gasteiger partial charge in [-0.15, -0.1) is 0 Å². The molecule has 5 heteroatoms. The molecule has 0 saturated heterocycles. The van der Waals surface area contributed by atoms with Gasteiger partial charge in [0.2, 0.25) is 0 Å². The van der Waals surface area contributed by atoms with Crippen molar-refractivity contribution >= 4 is 5.97 Å². The van der Waals surface area contributed by atoms with Crippen LogP contribution in [0.15, 0.2) is 30.3 Å². The van der Waals surface area contributed by atoms with E-state index in [0.717, 1.165) is 18.6 Å². The van der Waals surface area contributed by atoms with E-state index in [0.29, 0.717) is 36.6 Å². The highest BCUT2D eigenvalue weighted by atomic mass is 16.5. The highest BCUT2D eigenvalue weighted by Crippen LogP contribution is 2.62. The van der Waals surface area contributed by atoms with Crippen LogP contribution >= 0.6 is 0 Å². The number of ether oxygens (including phenoxy) is 2. The third kappa shape index (κ3) is 2.44. The topological polar surface area (TPSA) is 53.3 Å². The third-order valence-electron chi connectivity index (χ3n) is 5.18. The predicted molar refractivity (Wildman–Crippen MR) is 89.0 cm³/mol. The number of esters is 1. The van der Waals surface area contributed by atoms with Crippen LogP contribution in [-0.2, 0) is 22.4 Å². The van der Waals surface area contributed by atoms with Crippen LogP contribution in [0.4, 0.5) is 0 Å². The summed E-state index contributed by atoms with van der Waals surface area (Å²) in [5.41, 5.74) is 4.00. The molecular weight excluding hydrogens is 304 g/mol. The van der Waals surface area contributed by atoms with Gasteiger partial charge in [0.15, 0.2) is 5.69 Å². The maximum absolute atomic E-state index is 12.3. The first-order valence-electron chi connectivity index (χ1n) is 8.54. The van der Waals surface area contributed by atoms with E-state index in [1.165, 1.54) is 11.3 Å². The van der Waals surface area contributed by atoms with Crippen molar-refractivity contribution in [2.75, 3.05) is 20.3 Å².